The normalized spacial score (nSPS) is 17.4. The lowest BCUT2D eigenvalue weighted by Gasteiger charge is -2.22. The molecule has 41 heavy (non-hydrogen) atoms. The van der Waals surface area contributed by atoms with Crippen molar-refractivity contribution in [2.45, 2.75) is 57.1 Å². The van der Waals surface area contributed by atoms with Gasteiger partial charge >= 0.3 is 12.1 Å². The summed E-state index contributed by atoms with van der Waals surface area (Å²) >= 11 is 0. The molecular weight excluding hydrogens is 524 g/mol. The lowest BCUT2D eigenvalue weighted by Crippen LogP contribution is -2.35. The summed E-state index contributed by atoms with van der Waals surface area (Å²) in [5.74, 6) is 5.60. The molecule has 2 unspecified atom stereocenters. The zero-order chi connectivity index (χ0) is 29.4. The quantitative estimate of drug-likeness (QED) is 0.138. The molecule has 3 aromatic carbocycles. The highest BCUT2D eigenvalue weighted by atomic mass is 16.7. The standard InChI is InChI=1S/C31H36N4O6/c1-31(2,3)40-30(37)35-25-18-24(25)34-28(32)22-14-16-23(17-15-22)38-19-26(41-33)29(36)39-27(20-10-6-4-7-11-20)21-12-8-5-9-13-21/h4-17,24-27H,18-19,33H2,1-3H3,(H2,32,34)(H,35,37)/t24?,25?,26-/m0/s1. The van der Waals surface area contributed by atoms with Crippen molar-refractivity contribution in [3.05, 3.63) is 102 Å². The van der Waals surface area contributed by atoms with Gasteiger partial charge in [-0.05, 0) is 62.6 Å². The molecule has 0 saturated heterocycles. The van der Waals surface area contributed by atoms with Crippen LogP contribution in [0, 0.1) is 0 Å². The topological polar surface area (TPSA) is 147 Å². The molecule has 0 heterocycles. The fraction of sp³-hybridized carbons (Fsp3) is 0.323. The molecule has 3 aromatic rings. The number of aliphatic imine (C=N–C) groups is 1. The Morgan fingerprint density at radius 1 is 0.951 bits per heavy atom. The van der Waals surface area contributed by atoms with Gasteiger partial charge in [0, 0.05) is 5.56 Å². The Labute approximate surface area is 239 Å². The summed E-state index contributed by atoms with van der Waals surface area (Å²) in [5, 5.41) is 2.79. The van der Waals surface area contributed by atoms with E-state index < -0.39 is 29.9 Å². The predicted octanol–water partition coefficient (Wildman–Crippen LogP) is 4.03. The van der Waals surface area contributed by atoms with E-state index in [9.17, 15) is 9.59 Å². The first kappa shape index (κ1) is 29.6. The monoisotopic (exact) mass is 560 g/mol. The summed E-state index contributed by atoms with van der Waals surface area (Å²) in [6.45, 7) is 5.27. The van der Waals surface area contributed by atoms with Crippen molar-refractivity contribution < 1.29 is 28.6 Å². The Morgan fingerprint density at radius 3 is 2.07 bits per heavy atom. The zero-order valence-electron chi connectivity index (χ0n) is 23.4. The van der Waals surface area contributed by atoms with Crippen LogP contribution in [-0.4, -0.2) is 48.3 Å². The minimum atomic E-state index is -1.15. The smallest absolute Gasteiger partial charge is 0.407 e. The van der Waals surface area contributed by atoms with Gasteiger partial charge in [-0.2, -0.15) is 0 Å². The number of hydrogen-bond acceptors (Lipinski definition) is 8. The first-order chi connectivity index (χ1) is 19.6. The molecule has 0 radical (unpaired) electrons. The maximum Gasteiger partial charge on any atom is 0.407 e. The highest BCUT2D eigenvalue weighted by Gasteiger charge is 2.39. The van der Waals surface area contributed by atoms with Gasteiger partial charge in [0.25, 0.3) is 0 Å². The third-order valence-electron chi connectivity index (χ3n) is 6.18. The molecule has 3 atom stereocenters. The third-order valence-corrected chi connectivity index (χ3v) is 6.18. The number of esters is 1. The maximum absolute atomic E-state index is 13.0. The molecule has 1 saturated carbocycles. The predicted molar refractivity (Wildman–Crippen MR) is 154 cm³/mol. The van der Waals surface area contributed by atoms with Crippen LogP contribution in [-0.2, 0) is 19.1 Å². The van der Waals surface area contributed by atoms with Crippen molar-refractivity contribution in [2.24, 2.45) is 16.6 Å². The average molecular weight is 561 g/mol. The van der Waals surface area contributed by atoms with Crippen LogP contribution in [0.4, 0.5) is 4.79 Å². The number of alkyl carbamates (subject to hydrolysis) is 1. The van der Waals surface area contributed by atoms with Gasteiger partial charge in [0.05, 0.1) is 12.1 Å². The van der Waals surface area contributed by atoms with E-state index in [1.807, 2.05) is 81.4 Å². The highest BCUT2D eigenvalue weighted by Crippen LogP contribution is 2.28. The van der Waals surface area contributed by atoms with E-state index in [1.54, 1.807) is 24.3 Å². The van der Waals surface area contributed by atoms with Crippen molar-refractivity contribution in [1.82, 2.24) is 5.32 Å². The summed E-state index contributed by atoms with van der Waals surface area (Å²) in [6, 6.07) is 25.5. The van der Waals surface area contributed by atoms with E-state index in [1.165, 1.54) is 0 Å². The number of ether oxygens (including phenoxy) is 3. The van der Waals surface area contributed by atoms with E-state index >= 15 is 0 Å². The number of nitrogens with one attached hydrogen (secondary N) is 1. The van der Waals surface area contributed by atoms with Crippen LogP contribution in [0.2, 0.25) is 0 Å². The number of amides is 1. The van der Waals surface area contributed by atoms with Gasteiger partial charge in [-0.1, -0.05) is 60.7 Å². The molecule has 4 rings (SSSR count). The second kappa shape index (κ2) is 13.3. The van der Waals surface area contributed by atoms with Crippen molar-refractivity contribution in [2.75, 3.05) is 6.61 Å². The molecular formula is C31H36N4O6. The molecule has 0 aliphatic heterocycles. The van der Waals surface area contributed by atoms with E-state index in [2.05, 4.69) is 10.3 Å². The Kier molecular flexibility index (Phi) is 9.59. The van der Waals surface area contributed by atoms with Crippen molar-refractivity contribution in [3.63, 3.8) is 0 Å². The van der Waals surface area contributed by atoms with Crippen LogP contribution in [0.3, 0.4) is 0 Å². The van der Waals surface area contributed by atoms with Crippen LogP contribution >= 0.6 is 0 Å². The van der Waals surface area contributed by atoms with Crippen molar-refractivity contribution in [1.29, 1.82) is 0 Å². The minimum Gasteiger partial charge on any atom is -0.490 e. The largest absolute Gasteiger partial charge is 0.490 e. The Hall–Kier alpha value is -4.41. The number of benzene rings is 3. The second-order valence-electron chi connectivity index (χ2n) is 10.7. The molecule has 1 fully saturated rings. The lowest BCUT2D eigenvalue weighted by atomic mass is 10.0. The second-order valence-corrected chi connectivity index (χ2v) is 10.7. The van der Waals surface area contributed by atoms with Gasteiger partial charge in [0.15, 0.2) is 6.10 Å². The summed E-state index contributed by atoms with van der Waals surface area (Å²) in [6.07, 6.45) is -1.57. The number of nitrogens with zero attached hydrogens (tertiary/aromatic N) is 1. The van der Waals surface area contributed by atoms with Crippen molar-refractivity contribution >= 4 is 17.9 Å². The number of hydrogen-bond donors (Lipinski definition) is 3. The first-order valence-corrected chi connectivity index (χ1v) is 13.3. The molecule has 5 N–H and O–H groups in total. The number of carbonyl (C=O) groups is 2. The number of rotatable bonds is 11. The SMILES string of the molecule is CC(C)(C)OC(=O)NC1CC1N=C(N)c1ccc(OC[C@H](ON)C(=O)OC(c2ccccc2)c2ccccc2)cc1. The van der Waals surface area contributed by atoms with Gasteiger partial charge in [-0.25, -0.2) is 15.5 Å². The summed E-state index contributed by atoms with van der Waals surface area (Å²) < 4.78 is 16.8. The summed E-state index contributed by atoms with van der Waals surface area (Å²) in [4.78, 5) is 34.3. The van der Waals surface area contributed by atoms with E-state index in [0.717, 1.165) is 11.1 Å². The van der Waals surface area contributed by atoms with Crippen LogP contribution < -0.4 is 21.7 Å². The molecule has 0 aromatic heterocycles. The molecule has 1 aliphatic carbocycles. The zero-order valence-corrected chi connectivity index (χ0v) is 23.4. The highest BCUT2D eigenvalue weighted by molar-refractivity contribution is 5.97. The van der Waals surface area contributed by atoms with Crippen LogP contribution in [0.5, 0.6) is 5.75 Å². The molecule has 1 aliphatic rings. The first-order valence-electron chi connectivity index (χ1n) is 13.3. The molecule has 10 heteroatoms. The maximum atomic E-state index is 13.0. The van der Waals surface area contributed by atoms with Gasteiger partial charge in [-0.3, -0.25) is 9.83 Å². The molecule has 1 amide bonds. The van der Waals surface area contributed by atoms with E-state index in [4.69, 9.17) is 30.7 Å². The third kappa shape index (κ3) is 8.79. The van der Waals surface area contributed by atoms with Gasteiger partial charge in [0.1, 0.15) is 23.8 Å². The van der Waals surface area contributed by atoms with Crippen LogP contribution in [0.1, 0.15) is 50.0 Å². The fourth-order valence-corrected chi connectivity index (χ4v) is 4.02. The molecule has 0 spiro atoms. The minimum absolute atomic E-state index is 0.109. The number of nitrogens with two attached hydrogens (primary N) is 2. The Morgan fingerprint density at radius 2 is 1.54 bits per heavy atom. The van der Waals surface area contributed by atoms with Gasteiger partial charge in [0.2, 0.25) is 6.10 Å². The number of amidine groups is 1. The van der Waals surface area contributed by atoms with Gasteiger partial charge < -0.3 is 25.3 Å². The summed E-state index contributed by atoms with van der Waals surface area (Å²) in [5.41, 5.74) is 7.94. The summed E-state index contributed by atoms with van der Waals surface area (Å²) in [7, 11) is 0. The number of carbonyl (C=O) groups excluding carboxylic acids is 2. The Bertz CT molecular complexity index is 1290. The molecule has 0 bridgehead atoms. The molecule has 216 valence electrons. The van der Waals surface area contributed by atoms with Crippen LogP contribution in [0.25, 0.3) is 0 Å². The van der Waals surface area contributed by atoms with Gasteiger partial charge in [-0.15, -0.1) is 0 Å². The lowest BCUT2D eigenvalue weighted by molar-refractivity contribution is -0.163. The Balaban J connectivity index is 1.31. The molecule has 10 nitrogen and oxygen atoms in total. The average Bonchev–Trinajstić information content (AvgIpc) is 3.68. The fourth-order valence-electron chi connectivity index (χ4n) is 4.02. The van der Waals surface area contributed by atoms with Crippen LogP contribution in [0.15, 0.2) is 89.9 Å². The van der Waals surface area contributed by atoms with E-state index in [0.29, 0.717) is 23.6 Å². The van der Waals surface area contributed by atoms with Crippen molar-refractivity contribution in [3.8, 4) is 5.75 Å². The van der Waals surface area contributed by atoms with E-state index in [-0.39, 0.29) is 18.7 Å².